The van der Waals surface area contributed by atoms with Crippen LogP contribution in [0.25, 0.3) is 0 Å². The van der Waals surface area contributed by atoms with Crippen molar-refractivity contribution in [3.05, 3.63) is 30.1 Å². The Labute approximate surface area is 147 Å². The number of hydrogen-bond acceptors (Lipinski definition) is 3. The fourth-order valence-electron chi connectivity index (χ4n) is 3.80. The Morgan fingerprint density at radius 3 is 2.56 bits per heavy atom. The van der Waals surface area contributed by atoms with Gasteiger partial charge in [0.05, 0.1) is 12.0 Å². The number of amides is 2. The zero-order valence-electron chi connectivity index (χ0n) is 14.3. The molecule has 2 fully saturated rings. The second kappa shape index (κ2) is 7.52. The molecule has 1 aliphatic carbocycles. The summed E-state index contributed by atoms with van der Waals surface area (Å²) in [4.78, 5) is 26.4. The minimum atomic E-state index is -0.831. The van der Waals surface area contributed by atoms with Crippen LogP contribution in [0, 0.1) is 11.7 Å². The van der Waals surface area contributed by atoms with E-state index in [1.807, 2.05) is 0 Å². The molecule has 136 valence electrons. The van der Waals surface area contributed by atoms with Crippen molar-refractivity contribution in [3.63, 3.8) is 0 Å². The quantitative estimate of drug-likeness (QED) is 0.879. The van der Waals surface area contributed by atoms with Crippen LogP contribution in [0.5, 0.6) is 0 Å². The van der Waals surface area contributed by atoms with Crippen LogP contribution >= 0.6 is 0 Å². The highest BCUT2D eigenvalue weighted by atomic mass is 19.1. The number of halogens is 1. The Hall–Kier alpha value is -1.95. The van der Waals surface area contributed by atoms with Gasteiger partial charge in [-0.15, -0.1) is 0 Å². The molecule has 1 saturated carbocycles. The predicted octanol–water partition coefficient (Wildman–Crippen LogP) is 2.70. The molecule has 1 aromatic rings. The molecule has 3 rings (SSSR count). The Morgan fingerprint density at radius 1 is 1.24 bits per heavy atom. The maximum atomic E-state index is 13.2. The average Bonchev–Trinajstić information content (AvgIpc) is 3.01. The van der Waals surface area contributed by atoms with Crippen molar-refractivity contribution in [3.8, 4) is 0 Å². The van der Waals surface area contributed by atoms with Gasteiger partial charge in [0.1, 0.15) is 5.82 Å². The van der Waals surface area contributed by atoms with E-state index in [1.54, 1.807) is 17.0 Å². The Morgan fingerprint density at radius 2 is 1.92 bits per heavy atom. The summed E-state index contributed by atoms with van der Waals surface area (Å²) >= 11 is 0. The molecule has 0 radical (unpaired) electrons. The topological polar surface area (TPSA) is 69.6 Å². The first kappa shape index (κ1) is 17.9. The Bertz CT molecular complexity index is 635. The maximum Gasteiger partial charge on any atom is 0.227 e. The van der Waals surface area contributed by atoms with Crippen LogP contribution < -0.4 is 5.32 Å². The number of rotatable bonds is 4. The number of likely N-dealkylation sites (tertiary alicyclic amines) is 1. The third-order valence-electron chi connectivity index (χ3n) is 5.33. The smallest absolute Gasteiger partial charge is 0.227 e. The van der Waals surface area contributed by atoms with E-state index in [0.29, 0.717) is 44.5 Å². The van der Waals surface area contributed by atoms with Crippen molar-refractivity contribution in [2.75, 3.05) is 18.4 Å². The summed E-state index contributed by atoms with van der Waals surface area (Å²) in [6.07, 6.45) is 4.72. The monoisotopic (exact) mass is 348 g/mol. The van der Waals surface area contributed by atoms with Gasteiger partial charge in [0.15, 0.2) is 0 Å². The summed E-state index contributed by atoms with van der Waals surface area (Å²) in [5, 5.41) is 13.1. The molecular formula is C19H25FN2O3. The van der Waals surface area contributed by atoms with E-state index in [4.69, 9.17) is 0 Å². The third-order valence-corrected chi connectivity index (χ3v) is 5.33. The van der Waals surface area contributed by atoms with Crippen LogP contribution in [0.3, 0.4) is 0 Å². The highest BCUT2D eigenvalue weighted by Crippen LogP contribution is 2.33. The fraction of sp³-hybridized carbons (Fsp3) is 0.579. The van der Waals surface area contributed by atoms with Crippen LogP contribution in [0.2, 0.25) is 0 Å². The highest BCUT2D eigenvalue weighted by Gasteiger charge is 2.36. The van der Waals surface area contributed by atoms with Gasteiger partial charge >= 0.3 is 0 Å². The standard InChI is InChI=1S/C19H25FN2O3/c20-15-4-3-5-16(12-15)21-18(24)14-6-10-22(11-7-14)17(23)13-19(25)8-1-2-9-19/h3-5,12,14,25H,1-2,6-11,13H2,(H,21,24). The van der Waals surface area contributed by atoms with Crippen molar-refractivity contribution in [1.82, 2.24) is 4.90 Å². The fourth-order valence-corrected chi connectivity index (χ4v) is 3.80. The molecule has 2 aliphatic rings. The predicted molar refractivity (Wildman–Crippen MR) is 92.4 cm³/mol. The molecule has 2 N–H and O–H groups in total. The van der Waals surface area contributed by atoms with Crippen molar-refractivity contribution in [1.29, 1.82) is 0 Å². The van der Waals surface area contributed by atoms with Crippen LogP contribution in [0.15, 0.2) is 24.3 Å². The molecule has 2 amide bonds. The Kier molecular flexibility index (Phi) is 5.37. The van der Waals surface area contributed by atoms with Gasteiger partial charge in [-0.2, -0.15) is 0 Å². The molecule has 0 aromatic heterocycles. The number of aliphatic hydroxyl groups is 1. The van der Waals surface area contributed by atoms with Crippen LogP contribution in [0.1, 0.15) is 44.9 Å². The van der Waals surface area contributed by atoms with Gasteiger partial charge in [-0.05, 0) is 43.9 Å². The van der Waals surface area contributed by atoms with Gasteiger partial charge in [-0.3, -0.25) is 9.59 Å². The lowest BCUT2D eigenvalue weighted by atomic mass is 9.93. The van der Waals surface area contributed by atoms with E-state index in [0.717, 1.165) is 12.8 Å². The zero-order valence-corrected chi connectivity index (χ0v) is 14.3. The van der Waals surface area contributed by atoms with E-state index in [1.165, 1.54) is 12.1 Å². The van der Waals surface area contributed by atoms with Crippen molar-refractivity contribution >= 4 is 17.5 Å². The van der Waals surface area contributed by atoms with Crippen molar-refractivity contribution in [2.45, 2.75) is 50.5 Å². The number of anilines is 1. The minimum absolute atomic E-state index is 0.0200. The summed E-state index contributed by atoms with van der Waals surface area (Å²) in [7, 11) is 0. The second-order valence-electron chi connectivity index (χ2n) is 7.26. The maximum absolute atomic E-state index is 13.2. The molecule has 1 saturated heterocycles. The lowest BCUT2D eigenvalue weighted by Crippen LogP contribution is -2.44. The van der Waals surface area contributed by atoms with Crippen molar-refractivity contribution in [2.24, 2.45) is 5.92 Å². The van der Waals surface area contributed by atoms with Crippen LogP contribution in [-0.4, -0.2) is 40.5 Å². The number of carbonyl (C=O) groups excluding carboxylic acids is 2. The van der Waals surface area contributed by atoms with E-state index in [9.17, 15) is 19.1 Å². The van der Waals surface area contributed by atoms with Gasteiger partial charge in [0.25, 0.3) is 0 Å². The van der Waals surface area contributed by atoms with Gasteiger partial charge in [0.2, 0.25) is 11.8 Å². The van der Waals surface area contributed by atoms with E-state index < -0.39 is 5.60 Å². The van der Waals surface area contributed by atoms with Gasteiger partial charge in [-0.25, -0.2) is 4.39 Å². The highest BCUT2D eigenvalue weighted by molar-refractivity contribution is 5.92. The molecule has 6 heteroatoms. The number of nitrogens with one attached hydrogen (secondary N) is 1. The average molecular weight is 348 g/mol. The SMILES string of the molecule is O=C(Nc1cccc(F)c1)C1CCN(C(=O)CC2(O)CCCC2)CC1. The lowest BCUT2D eigenvalue weighted by Gasteiger charge is -2.33. The minimum Gasteiger partial charge on any atom is -0.389 e. The molecule has 5 nitrogen and oxygen atoms in total. The Balaban J connectivity index is 1.48. The summed E-state index contributed by atoms with van der Waals surface area (Å²) < 4.78 is 13.2. The van der Waals surface area contributed by atoms with Gasteiger partial charge < -0.3 is 15.3 Å². The summed E-state index contributed by atoms with van der Waals surface area (Å²) in [5.74, 6) is -0.717. The van der Waals surface area contributed by atoms with Crippen LogP contribution in [0.4, 0.5) is 10.1 Å². The molecule has 1 aliphatic heterocycles. The molecule has 0 bridgehead atoms. The molecule has 0 unspecified atom stereocenters. The largest absolute Gasteiger partial charge is 0.389 e. The normalized spacial score (nSPS) is 20.5. The van der Waals surface area contributed by atoms with Crippen LogP contribution in [-0.2, 0) is 9.59 Å². The first-order chi connectivity index (χ1) is 12.0. The molecule has 25 heavy (non-hydrogen) atoms. The first-order valence-electron chi connectivity index (χ1n) is 9.02. The number of piperidine rings is 1. The number of nitrogens with zero attached hydrogens (tertiary/aromatic N) is 1. The van der Waals surface area contributed by atoms with E-state index >= 15 is 0 Å². The zero-order chi connectivity index (χ0) is 17.9. The summed E-state index contributed by atoms with van der Waals surface area (Å²) in [6, 6.07) is 5.83. The molecule has 0 atom stereocenters. The van der Waals surface area contributed by atoms with E-state index in [2.05, 4.69) is 5.32 Å². The molecule has 1 heterocycles. The summed E-state index contributed by atoms with van der Waals surface area (Å²) in [6.45, 7) is 1.05. The third kappa shape index (κ3) is 4.57. The van der Waals surface area contributed by atoms with Gasteiger partial charge in [0, 0.05) is 24.7 Å². The molecular weight excluding hydrogens is 323 g/mol. The first-order valence-corrected chi connectivity index (χ1v) is 9.02. The number of carbonyl (C=O) groups is 2. The number of hydrogen-bond donors (Lipinski definition) is 2. The molecule has 1 aromatic carbocycles. The number of benzene rings is 1. The second-order valence-corrected chi connectivity index (χ2v) is 7.26. The summed E-state index contributed by atoms with van der Waals surface area (Å²) in [5.41, 5.74) is -0.380. The lowest BCUT2D eigenvalue weighted by molar-refractivity contribution is -0.139. The van der Waals surface area contributed by atoms with Crippen molar-refractivity contribution < 1.29 is 19.1 Å². The van der Waals surface area contributed by atoms with E-state index in [-0.39, 0.29) is 30.0 Å². The van der Waals surface area contributed by atoms with Gasteiger partial charge in [-0.1, -0.05) is 18.9 Å². The molecule has 0 spiro atoms.